The van der Waals surface area contributed by atoms with Crippen molar-refractivity contribution in [3.63, 3.8) is 0 Å². The summed E-state index contributed by atoms with van der Waals surface area (Å²) in [7, 11) is 0. The molecule has 0 aliphatic heterocycles. The van der Waals surface area contributed by atoms with E-state index in [-0.39, 0.29) is 0 Å². The standard InChI is InChI=1S/C20H16BrN3O/c21-14-5-6-17-16(9-14)20-18(25-17)10-23-19(24-20)11-22-15-7-12-3-1-2-4-13(12)8-15/h1-6,9-10,15,22H,7-8,11H2. The van der Waals surface area contributed by atoms with Crippen LogP contribution in [-0.4, -0.2) is 16.0 Å². The molecule has 0 amide bonds. The fourth-order valence-electron chi connectivity index (χ4n) is 3.59. The number of hydrogen-bond acceptors (Lipinski definition) is 4. The van der Waals surface area contributed by atoms with E-state index in [2.05, 4.69) is 50.5 Å². The molecule has 4 nitrogen and oxygen atoms in total. The van der Waals surface area contributed by atoms with Crippen LogP contribution >= 0.6 is 15.9 Å². The molecular formula is C20H16BrN3O. The minimum atomic E-state index is 0.451. The van der Waals surface area contributed by atoms with Gasteiger partial charge in [-0.25, -0.2) is 9.97 Å². The lowest BCUT2D eigenvalue weighted by Gasteiger charge is -2.10. The van der Waals surface area contributed by atoms with Gasteiger partial charge in [0.25, 0.3) is 0 Å². The fourth-order valence-corrected chi connectivity index (χ4v) is 3.95. The highest BCUT2D eigenvalue weighted by Crippen LogP contribution is 2.29. The summed E-state index contributed by atoms with van der Waals surface area (Å²) in [5, 5.41) is 4.61. The highest BCUT2D eigenvalue weighted by Gasteiger charge is 2.20. The Labute approximate surface area is 153 Å². The van der Waals surface area contributed by atoms with Crippen LogP contribution in [0.15, 0.2) is 57.6 Å². The van der Waals surface area contributed by atoms with Crippen LogP contribution in [0.1, 0.15) is 17.0 Å². The number of nitrogens with one attached hydrogen (secondary N) is 1. The number of rotatable bonds is 3. The number of furan rings is 1. The number of hydrogen-bond donors (Lipinski definition) is 1. The lowest BCUT2D eigenvalue weighted by Crippen LogP contribution is -2.29. The minimum Gasteiger partial charge on any atom is -0.453 e. The van der Waals surface area contributed by atoms with Crippen molar-refractivity contribution in [1.29, 1.82) is 0 Å². The van der Waals surface area contributed by atoms with E-state index in [9.17, 15) is 0 Å². The van der Waals surface area contributed by atoms with Crippen LogP contribution < -0.4 is 5.32 Å². The van der Waals surface area contributed by atoms with E-state index in [0.717, 1.165) is 45.2 Å². The first kappa shape index (κ1) is 15.0. The van der Waals surface area contributed by atoms with Gasteiger partial charge < -0.3 is 9.73 Å². The van der Waals surface area contributed by atoms with E-state index in [1.807, 2.05) is 18.2 Å². The summed E-state index contributed by atoms with van der Waals surface area (Å²) in [4.78, 5) is 9.18. The molecule has 0 saturated heterocycles. The SMILES string of the molecule is Brc1ccc2oc3cnc(CNC4Cc5ccccc5C4)nc3c2c1. The molecule has 0 fully saturated rings. The van der Waals surface area contributed by atoms with E-state index >= 15 is 0 Å². The topological polar surface area (TPSA) is 51.0 Å². The molecule has 0 bridgehead atoms. The largest absolute Gasteiger partial charge is 0.453 e. The van der Waals surface area contributed by atoms with Gasteiger partial charge in [-0.05, 0) is 42.2 Å². The molecule has 25 heavy (non-hydrogen) atoms. The molecule has 5 heteroatoms. The minimum absolute atomic E-state index is 0.451. The molecule has 5 rings (SSSR count). The van der Waals surface area contributed by atoms with Gasteiger partial charge >= 0.3 is 0 Å². The van der Waals surface area contributed by atoms with Gasteiger partial charge in [0.2, 0.25) is 0 Å². The summed E-state index contributed by atoms with van der Waals surface area (Å²) in [5.41, 5.74) is 5.33. The van der Waals surface area contributed by atoms with Crippen molar-refractivity contribution in [3.05, 3.63) is 70.1 Å². The number of aromatic nitrogens is 2. The molecule has 0 saturated carbocycles. The number of nitrogens with zero attached hydrogens (tertiary/aromatic N) is 2. The maximum absolute atomic E-state index is 5.82. The average molecular weight is 394 g/mol. The van der Waals surface area contributed by atoms with Crippen LogP contribution in [0, 0.1) is 0 Å². The molecule has 1 aliphatic carbocycles. The predicted molar refractivity (Wildman–Crippen MR) is 101 cm³/mol. The number of benzene rings is 2. The summed E-state index contributed by atoms with van der Waals surface area (Å²) in [6.07, 6.45) is 3.91. The van der Waals surface area contributed by atoms with Gasteiger partial charge in [-0.15, -0.1) is 0 Å². The highest BCUT2D eigenvalue weighted by molar-refractivity contribution is 9.10. The predicted octanol–water partition coefficient (Wildman–Crippen LogP) is 4.40. The zero-order valence-electron chi connectivity index (χ0n) is 13.5. The van der Waals surface area contributed by atoms with Crippen LogP contribution in [0.4, 0.5) is 0 Å². The highest BCUT2D eigenvalue weighted by atomic mass is 79.9. The zero-order chi connectivity index (χ0) is 16.8. The fraction of sp³-hybridized carbons (Fsp3) is 0.200. The van der Waals surface area contributed by atoms with E-state index in [1.54, 1.807) is 6.20 Å². The van der Waals surface area contributed by atoms with Crippen LogP contribution in [0.2, 0.25) is 0 Å². The van der Waals surface area contributed by atoms with E-state index in [1.165, 1.54) is 11.1 Å². The average Bonchev–Trinajstić information content (AvgIpc) is 3.20. The number of fused-ring (bicyclic) bond motifs is 4. The normalized spacial score (nSPS) is 14.4. The van der Waals surface area contributed by atoms with Gasteiger partial charge in [0, 0.05) is 15.9 Å². The van der Waals surface area contributed by atoms with E-state index in [4.69, 9.17) is 9.40 Å². The Morgan fingerprint density at radius 1 is 1.08 bits per heavy atom. The summed E-state index contributed by atoms with van der Waals surface area (Å²) < 4.78 is 6.83. The zero-order valence-corrected chi connectivity index (χ0v) is 15.1. The van der Waals surface area contributed by atoms with Crippen molar-refractivity contribution in [2.45, 2.75) is 25.4 Å². The van der Waals surface area contributed by atoms with Crippen molar-refractivity contribution >= 4 is 38.0 Å². The van der Waals surface area contributed by atoms with Crippen LogP contribution in [-0.2, 0) is 19.4 Å². The number of halogens is 1. The Bertz CT molecular complexity index is 1060. The first-order valence-electron chi connectivity index (χ1n) is 8.40. The Morgan fingerprint density at radius 2 is 1.88 bits per heavy atom. The van der Waals surface area contributed by atoms with Gasteiger partial charge in [-0.1, -0.05) is 40.2 Å². The third-order valence-electron chi connectivity index (χ3n) is 4.82. The first-order chi connectivity index (χ1) is 12.3. The molecule has 124 valence electrons. The second-order valence-electron chi connectivity index (χ2n) is 6.50. The second-order valence-corrected chi connectivity index (χ2v) is 7.41. The van der Waals surface area contributed by atoms with Crippen molar-refractivity contribution in [3.8, 4) is 0 Å². The van der Waals surface area contributed by atoms with Crippen molar-refractivity contribution in [1.82, 2.24) is 15.3 Å². The van der Waals surface area contributed by atoms with Gasteiger partial charge in [0.15, 0.2) is 5.58 Å². The molecule has 0 unspecified atom stereocenters. The first-order valence-corrected chi connectivity index (χ1v) is 9.19. The maximum atomic E-state index is 5.82. The molecule has 0 atom stereocenters. The second kappa shape index (κ2) is 5.93. The van der Waals surface area contributed by atoms with Crippen molar-refractivity contribution in [2.75, 3.05) is 0 Å². The molecule has 0 spiro atoms. The lowest BCUT2D eigenvalue weighted by molar-refractivity contribution is 0.522. The Balaban J connectivity index is 1.38. The van der Waals surface area contributed by atoms with Crippen molar-refractivity contribution in [2.24, 2.45) is 0 Å². The molecule has 0 radical (unpaired) electrons. The molecular weight excluding hydrogens is 378 g/mol. The van der Waals surface area contributed by atoms with Crippen LogP contribution in [0.25, 0.3) is 22.1 Å². The maximum Gasteiger partial charge on any atom is 0.172 e. The lowest BCUT2D eigenvalue weighted by atomic mass is 10.1. The third kappa shape index (κ3) is 2.73. The van der Waals surface area contributed by atoms with Gasteiger partial charge in [-0.2, -0.15) is 0 Å². The molecule has 2 aromatic carbocycles. The smallest absolute Gasteiger partial charge is 0.172 e. The monoisotopic (exact) mass is 393 g/mol. The van der Waals surface area contributed by atoms with Gasteiger partial charge in [-0.3, -0.25) is 0 Å². The third-order valence-corrected chi connectivity index (χ3v) is 5.31. The quantitative estimate of drug-likeness (QED) is 0.560. The Hall–Kier alpha value is -2.24. The van der Waals surface area contributed by atoms with Gasteiger partial charge in [0.05, 0.1) is 12.7 Å². The molecule has 4 aromatic rings. The van der Waals surface area contributed by atoms with Gasteiger partial charge in [0.1, 0.15) is 16.9 Å². The Kier molecular flexibility index (Phi) is 3.57. The summed E-state index contributed by atoms with van der Waals surface area (Å²) in [5.74, 6) is 0.797. The molecule has 1 N–H and O–H groups in total. The molecule has 2 heterocycles. The molecule has 1 aliphatic rings. The summed E-state index contributed by atoms with van der Waals surface area (Å²) >= 11 is 3.51. The van der Waals surface area contributed by atoms with Crippen LogP contribution in [0.3, 0.4) is 0 Å². The summed E-state index contributed by atoms with van der Waals surface area (Å²) in [6.45, 7) is 0.662. The van der Waals surface area contributed by atoms with E-state index in [0.29, 0.717) is 12.6 Å². The molecule has 2 aromatic heterocycles. The van der Waals surface area contributed by atoms with E-state index < -0.39 is 0 Å². The summed E-state index contributed by atoms with van der Waals surface area (Å²) in [6, 6.07) is 15.1. The Morgan fingerprint density at radius 3 is 2.68 bits per heavy atom. The van der Waals surface area contributed by atoms with Crippen molar-refractivity contribution < 1.29 is 4.42 Å². The van der Waals surface area contributed by atoms with Crippen LogP contribution in [0.5, 0.6) is 0 Å².